The Balaban J connectivity index is 2.05. The number of aromatic nitrogens is 2. The van der Waals surface area contributed by atoms with Crippen LogP contribution in [0, 0.1) is 4.77 Å². The van der Waals surface area contributed by atoms with Gasteiger partial charge in [0.2, 0.25) is 0 Å². The molecule has 0 saturated carbocycles. The standard InChI is InChI=1S/C15H10BrClN2S/c16-11-3-1-10(2-4-11)14-9-19(15(20)18-14)13-7-5-12(17)6-8-13/h1-9H,(H,18,20). The van der Waals surface area contributed by atoms with E-state index in [2.05, 4.69) is 20.9 Å². The quantitative estimate of drug-likeness (QED) is 0.585. The molecule has 0 spiro atoms. The molecule has 0 aliphatic heterocycles. The van der Waals surface area contributed by atoms with Crippen LogP contribution in [0.25, 0.3) is 16.9 Å². The summed E-state index contributed by atoms with van der Waals surface area (Å²) in [6.07, 6.45) is 1.99. The zero-order chi connectivity index (χ0) is 14.1. The number of aromatic amines is 1. The van der Waals surface area contributed by atoms with E-state index in [0.29, 0.717) is 9.79 Å². The molecule has 1 aromatic heterocycles. The van der Waals surface area contributed by atoms with Crippen molar-refractivity contribution in [2.24, 2.45) is 0 Å². The molecule has 0 unspecified atom stereocenters. The molecule has 0 aliphatic rings. The van der Waals surface area contributed by atoms with Gasteiger partial charge in [-0.1, -0.05) is 39.7 Å². The SMILES string of the molecule is S=c1[nH]c(-c2ccc(Br)cc2)cn1-c1ccc(Cl)cc1. The number of hydrogen-bond donors (Lipinski definition) is 1. The highest BCUT2D eigenvalue weighted by Gasteiger charge is 2.05. The van der Waals surface area contributed by atoms with E-state index in [9.17, 15) is 0 Å². The Morgan fingerprint density at radius 1 is 1.00 bits per heavy atom. The number of nitrogens with one attached hydrogen (secondary N) is 1. The maximum atomic E-state index is 5.91. The van der Waals surface area contributed by atoms with Crippen molar-refractivity contribution >= 4 is 39.7 Å². The van der Waals surface area contributed by atoms with Crippen molar-refractivity contribution in [2.75, 3.05) is 0 Å². The summed E-state index contributed by atoms with van der Waals surface area (Å²) in [5.74, 6) is 0. The molecular weight excluding hydrogens is 356 g/mol. The van der Waals surface area contributed by atoms with Gasteiger partial charge in [0.1, 0.15) is 0 Å². The molecule has 1 heterocycles. The van der Waals surface area contributed by atoms with E-state index in [4.69, 9.17) is 23.8 Å². The monoisotopic (exact) mass is 364 g/mol. The number of rotatable bonds is 2. The molecule has 2 aromatic carbocycles. The highest BCUT2D eigenvalue weighted by atomic mass is 79.9. The van der Waals surface area contributed by atoms with Gasteiger partial charge in [0, 0.05) is 21.4 Å². The zero-order valence-electron chi connectivity index (χ0n) is 10.3. The molecule has 0 saturated heterocycles. The van der Waals surface area contributed by atoms with Crippen LogP contribution in [0.4, 0.5) is 0 Å². The van der Waals surface area contributed by atoms with Gasteiger partial charge in [0.15, 0.2) is 4.77 Å². The van der Waals surface area contributed by atoms with Crippen LogP contribution in [0.15, 0.2) is 59.2 Å². The normalized spacial score (nSPS) is 10.7. The highest BCUT2D eigenvalue weighted by molar-refractivity contribution is 9.10. The van der Waals surface area contributed by atoms with Gasteiger partial charge in [-0.05, 0) is 54.2 Å². The molecule has 100 valence electrons. The van der Waals surface area contributed by atoms with E-state index in [-0.39, 0.29) is 0 Å². The minimum Gasteiger partial charge on any atom is -0.330 e. The molecule has 0 amide bonds. The summed E-state index contributed by atoms with van der Waals surface area (Å²) in [6, 6.07) is 15.7. The van der Waals surface area contributed by atoms with Crippen molar-refractivity contribution in [2.45, 2.75) is 0 Å². The van der Waals surface area contributed by atoms with Crippen LogP contribution in [-0.4, -0.2) is 9.55 Å². The van der Waals surface area contributed by atoms with Gasteiger partial charge in [0.25, 0.3) is 0 Å². The molecule has 0 radical (unpaired) electrons. The van der Waals surface area contributed by atoms with Crippen molar-refractivity contribution in [1.29, 1.82) is 0 Å². The van der Waals surface area contributed by atoms with Crippen molar-refractivity contribution < 1.29 is 0 Å². The molecule has 20 heavy (non-hydrogen) atoms. The van der Waals surface area contributed by atoms with Crippen molar-refractivity contribution in [3.8, 4) is 16.9 Å². The summed E-state index contributed by atoms with van der Waals surface area (Å²) >= 11 is 14.7. The summed E-state index contributed by atoms with van der Waals surface area (Å²) in [7, 11) is 0. The van der Waals surface area contributed by atoms with Crippen LogP contribution in [0.5, 0.6) is 0 Å². The van der Waals surface area contributed by atoms with Gasteiger partial charge in [-0.2, -0.15) is 0 Å². The Morgan fingerprint density at radius 3 is 2.30 bits per heavy atom. The number of nitrogens with zero attached hydrogens (tertiary/aromatic N) is 1. The number of H-pyrrole nitrogens is 1. The zero-order valence-corrected chi connectivity index (χ0v) is 13.5. The van der Waals surface area contributed by atoms with Gasteiger partial charge in [-0.25, -0.2) is 0 Å². The first-order valence-electron chi connectivity index (χ1n) is 5.97. The average Bonchev–Trinajstić information content (AvgIpc) is 2.82. The third-order valence-corrected chi connectivity index (χ3v) is 4.06. The second-order valence-electron chi connectivity index (χ2n) is 4.33. The molecule has 3 rings (SSSR count). The van der Waals surface area contributed by atoms with E-state index in [0.717, 1.165) is 21.4 Å². The third kappa shape index (κ3) is 2.73. The Kier molecular flexibility index (Phi) is 3.78. The molecule has 0 fully saturated rings. The molecule has 0 aliphatic carbocycles. The lowest BCUT2D eigenvalue weighted by atomic mass is 10.2. The first-order valence-corrected chi connectivity index (χ1v) is 7.55. The van der Waals surface area contributed by atoms with Gasteiger partial charge in [0.05, 0.1) is 5.69 Å². The number of halogens is 2. The van der Waals surface area contributed by atoms with E-state index in [1.807, 2.05) is 59.3 Å². The lowest BCUT2D eigenvalue weighted by Crippen LogP contribution is -1.90. The second kappa shape index (κ2) is 5.56. The summed E-state index contributed by atoms with van der Waals surface area (Å²) in [5, 5.41) is 0.712. The van der Waals surface area contributed by atoms with Crippen molar-refractivity contribution in [1.82, 2.24) is 9.55 Å². The van der Waals surface area contributed by atoms with Crippen LogP contribution >= 0.6 is 39.7 Å². The van der Waals surface area contributed by atoms with Gasteiger partial charge < -0.3 is 4.98 Å². The van der Waals surface area contributed by atoms with Crippen LogP contribution in [-0.2, 0) is 0 Å². The van der Waals surface area contributed by atoms with Crippen molar-refractivity contribution in [3.63, 3.8) is 0 Å². The average molecular weight is 366 g/mol. The first kappa shape index (κ1) is 13.6. The fourth-order valence-electron chi connectivity index (χ4n) is 1.97. The van der Waals surface area contributed by atoms with Crippen LogP contribution < -0.4 is 0 Å². The van der Waals surface area contributed by atoms with Gasteiger partial charge in [-0.15, -0.1) is 0 Å². The lowest BCUT2D eigenvalue weighted by Gasteiger charge is -2.01. The summed E-state index contributed by atoms with van der Waals surface area (Å²) in [5.41, 5.74) is 3.06. The number of hydrogen-bond acceptors (Lipinski definition) is 1. The fourth-order valence-corrected chi connectivity index (χ4v) is 2.62. The minimum atomic E-state index is 0.658. The predicted molar refractivity (Wildman–Crippen MR) is 89.1 cm³/mol. The summed E-state index contributed by atoms with van der Waals surface area (Å²) in [6.45, 7) is 0. The van der Waals surface area contributed by atoms with Crippen molar-refractivity contribution in [3.05, 3.63) is 69.0 Å². The molecule has 0 bridgehead atoms. The van der Waals surface area contributed by atoms with E-state index >= 15 is 0 Å². The molecule has 1 N–H and O–H groups in total. The molecule has 5 heteroatoms. The minimum absolute atomic E-state index is 0.658. The Morgan fingerprint density at radius 2 is 1.65 bits per heavy atom. The van der Waals surface area contributed by atoms with Gasteiger partial charge in [-0.3, -0.25) is 4.57 Å². The van der Waals surface area contributed by atoms with E-state index < -0.39 is 0 Å². The topological polar surface area (TPSA) is 20.7 Å². The maximum Gasteiger partial charge on any atom is 0.182 e. The lowest BCUT2D eigenvalue weighted by molar-refractivity contribution is 1.03. The Hall–Kier alpha value is -1.36. The van der Waals surface area contributed by atoms with Gasteiger partial charge >= 0.3 is 0 Å². The maximum absolute atomic E-state index is 5.91. The Labute approximate surface area is 135 Å². The predicted octanol–water partition coefficient (Wildman–Crippen LogP) is 5.62. The van der Waals surface area contributed by atoms with Crippen LogP contribution in [0.3, 0.4) is 0 Å². The molecular formula is C15H10BrClN2S. The first-order chi connectivity index (χ1) is 9.63. The highest BCUT2D eigenvalue weighted by Crippen LogP contribution is 2.22. The van der Waals surface area contributed by atoms with E-state index in [1.54, 1.807) is 0 Å². The second-order valence-corrected chi connectivity index (χ2v) is 6.07. The Bertz CT molecular complexity index is 788. The summed E-state index contributed by atoms with van der Waals surface area (Å²) < 4.78 is 3.64. The van der Waals surface area contributed by atoms with Crippen LogP contribution in [0.1, 0.15) is 0 Å². The third-order valence-electron chi connectivity index (χ3n) is 2.98. The molecule has 2 nitrogen and oxygen atoms in total. The molecule has 0 atom stereocenters. The van der Waals surface area contributed by atoms with Crippen LogP contribution in [0.2, 0.25) is 5.02 Å². The molecule has 3 aromatic rings. The number of benzene rings is 2. The fraction of sp³-hybridized carbons (Fsp3) is 0. The largest absolute Gasteiger partial charge is 0.330 e. The number of imidazole rings is 1. The smallest absolute Gasteiger partial charge is 0.182 e. The summed E-state index contributed by atoms with van der Waals surface area (Å²) in [4.78, 5) is 3.22. The van der Waals surface area contributed by atoms with E-state index in [1.165, 1.54) is 0 Å².